The maximum atomic E-state index is 2.71. The van der Waals surface area contributed by atoms with Crippen molar-refractivity contribution in [1.29, 1.82) is 0 Å². The Kier molecular flexibility index (Phi) is 28.0. The Balaban J connectivity index is 0.000000280. The highest BCUT2D eigenvalue weighted by atomic mass is 32.1. The molecule has 0 fully saturated rings. The van der Waals surface area contributed by atoms with E-state index in [4.69, 9.17) is 0 Å². The molecule has 8 aromatic rings. The first-order chi connectivity index (χ1) is 41.6. The Labute approximate surface area is 536 Å². The molecule has 1 aliphatic carbocycles. The predicted octanol–water partition coefficient (Wildman–Crippen LogP) is 29.0. The largest absolute Gasteiger partial charge is 0.139 e. The number of unbranched alkanes of at least 4 members (excludes halogenated alkanes) is 26. The van der Waals surface area contributed by atoms with Crippen LogP contribution >= 0.6 is 45.3 Å². The molecule has 4 aromatic carbocycles. The van der Waals surface area contributed by atoms with E-state index in [1.807, 2.05) is 22.7 Å². The molecule has 0 amide bonds. The molecule has 0 atom stereocenters. The van der Waals surface area contributed by atoms with Crippen LogP contribution in [0.1, 0.15) is 313 Å². The topological polar surface area (TPSA) is 0 Å². The SMILES string of the molecule is CCCCCCCCC1(CCCCCCCC)c2cc(C)ccc2-c2ccc(-c3cc4c(CCCCCCC)c(CCCCCCC)c5cc(C)sc5c4s3)cc21.CCCCCCCc1c(CCCCCCC)c2cc(C)sc2c2sc(C)cc12. The van der Waals surface area contributed by atoms with Gasteiger partial charge < -0.3 is 0 Å². The molecule has 0 N–H and O–H groups in total. The summed E-state index contributed by atoms with van der Waals surface area (Å²) < 4.78 is 6.23. The van der Waals surface area contributed by atoms with E-state index < -0.39 is 0 Å². The maximum Gasteiger partial charge on any atom is 0.0530 e. The van der Waals surface area contributed by atoms with E-state index in [2.05, 4.69) is 153 Å². The van der Waals surface area contributed by atoms with Crippen LogP contribution in [-0.2, 0) is 31.1 Å². The van der Waals surface area contributed by atoms with Gasteiger partial charge in [-0.3, -0.25) is 0 Å². The van der Waals surface area contributed by atoms with Gasteiger partial charge >= 0.3 is 0 Å². The number of fused-ring (bicyclic) bond motifs is 9. The molecule has 464 valence electrons. The average Bonchev–Trinajstić information content (AvgIpc) is 4.13. The quantitative estimate of drug-likeness (QED) is 0.0337. The van der Waals surface area contributed by atoms with Gasteiger partial charge in [-0.15, -0.1) is 45.3 Å². The third-order valence-electron chi connectivity index (χ3n) is 19.6. The van der Waals surface area contributed by atoms with Gasteiger partial charge in [0, 0.05) is 24.9 Å². The summed E-state index contributed by atoms with van der Waals surface area (Å²) in [6.45, 7) is 23.2. The summed E-state index contributed by atoms with van der Waals surface area (Å²) >= 11 is 8.17. The zero-order valence-corrected chi connectivity index (χ0v) is 59.0. The third-order valence-corrected chi connectivity index (χ3v) is 24.2. The molecule has 0 saturated carbocycles. The van der Waals surface area contributed by atoms with Crippen LogP contribution < -0.4 is 0 Å². The highest BCUT2D eigenvalue weighted by Gasteiger charge is 2.42. The van der Waals surface area contributed by atoms with Gasteiger partial charge in [0.2, 0.25) is 0 Å². The standard InChI is InChI=1S/C55H78S2.C26H38S2/c1-7-11-15-19-23-27-35-55(36-28-24-20-16-12-8-2)50-37-41(5)31-33-46(50)47-34-32-43(39-51(47)55)52-40-49-45(30-26-22-18-14-10-4)44(29-25-21-17-13-9-3)48-38-42(6)56-53(48)54(49)57-52;1-5-7-9-11-13-15-21-22(16-14-12-10-8-6-2)24-18-20(4)28-26(24)25-23(21)17-19(3)27-25/h31-34,37-40H,7-30,35-36H2,1-6H3;17-18H,5-16H2,1-4H3. The first-order valence-corrected chi connectivity index (χ1v) is 39.0. The van der Waals surface area contributed by atoms with Crippen LogP contribution in [0.2, 0.25) is 0 Å². The number of thiophene rings is 4. The number of rotatable bonds is 39. The third kappa shape index (κ3) is 17.6. The van der Waals surface area contributed by atoms with Crippen molar-refractivity contribution in [1.82, 2.24) is 0 Å². The van der Waals surface area contributed by atoms with E-state index in [9.17, 15) is 0 Å². The van der Waals surface area contributed by atoms with Crippen molar-refractivity contribution in [2.24, 2.45) is 0 Å². The molecule has 0 spiro atoms. The van der Waals surface area contributed by atoms with E-state index in [1.54, 1.807) is 73.7 Å². The van der Waals surface area contributed by atoms with Crippen molar-refractivity contribution in [2.45, 2.75) is 319 Å². The zero-order valence-electron chi connectivity index (χ0n) is 55.8. The minimum absolute atomic E-state index is 0.117. The van der Waals surface area contributed by atoms with E-state index in [-0.39, 0.29) is 5.41 Å². The van der Waals surface area contributed by atoms with Crippen LogP contribution in [0, 0.1) is 27.7 Å². The van der Waals surface area contributed by atoms with Crippen molar-refractivity contribution in [3.05, 3.63) is 114 Å². The fourth-order valence-electron chi connectivity index (χ4n) is 14.9. The number of aryl methyl sites for hydroxylation is 8. The highest BCUT2D eigenvalue weighted by molar-refractivity contribution is 7.29. The van der Waals surface area contributed by atoms with Crippen LogP contribution in [0.5, 0.6) is 0 Å². The molecule has 0 nitrogen and oxygen atoms in total. The molecular weight excluding hydrogens is 1100 g/mol. The van der Waals surface area contributed by atoms with Crippen molar-refractivity contribution in [3.63, 3.8) is 0 Å². The average molecular weight is 1220 g/mol. The second kappa shape index (κ2) is 35.2. The van der Waals surface area contributed by atoms with E-state index in [0.717, 1.165) is 0 Å². The van der Waals surface area contributed by atoms with E-state index in [1.165, 1.54) is 286 Å². The molecule has 0 unspecified atom stereocenters. The smallest absolute Gasteiger partial charge is 0.0530 e. The summed E-state index contributed by atoms with van der Waals surface area (Å²) in [4.78, 5) is 5.88. The fourth-order valence-corrected chi connectivity index (χ4v) is 19.5. The first-order valence-electron chi connectivity index (χ1n) is 35.8. The van der Waals surface area contributed by atoms with E-state index in [0.29, 0.717) is 0 Å². The van der Waals surface area contributed by atoms with Crippen molar-refractivity contribution in [3.8, 4) is 21.6 Å². The Morgan fingerprint density at radius 2 is 0.600 bits per heavy atom. The summed E-state index contributed by atoms with van der Waals surface area (Å²) in [7, 11) is 0. The summed E-state index contributed by atoms with van der Waals surface area (Å²) in [6.07, 6.45) is 51.1. The second-order valence-electron chi connectivity index (χ2n) is 26.7. The van der Waals surface area contributed by atoms with Crippen molar-refractivity contribution in [2.75, 3.05) is 0 Å². The van der Waals surface area contributed by atoms with Gasteiger partial charge in [0.15, 0.2) is 0 Å². The molecule has 0 saturated heterocycles. The number of benzene rings is 4. The van der Waals surface area contributed by atoms with Crippen LogP contribution in [-0.4, -0.2) is 0 Å². The van der Waals surface area contributed by atoms with Gasteiger partial charge in [0.25, 0.3) is 0 Å². The first kappa shape index (κ1) is 67.6. The van der Waals surface area contributed by atoms with Crippen LogP contribution in [0.15, 0.2) is 60.7 Å². The van der Waals surface area contributed by atoms with Gasteiger partial charge in [0.05, 0.1) is 18.8 Å². The van der Waals surface area contributed by atoms with Gasteiger partial charge in [0.1, 0.15) is 0 Å². The molecule has 0 aliphatic heterocycles. The second-order valence-corrected chi connectivity index (χ2v) is 31.5. The van der Waals surface area contributed by atoms with Gasteiger partial charge in [-0.05, 0) is 194 Å². The zero-order chi connectivity index (χ0) is 60.0. The Morgan fingerprint density at radius 3 is 0.976 bits per heavy atom. The molecule has 4 heteroatoms. The van der Waals surface area contributed by atoms with Crippen molar-refractivity contribution < 1.29 is 0 Å². The lowest BCUT2D eigenvalue weighted by molar-refractivity contribution is 0.398. The normalized spacial score (nSPS) is 12.8. The maximum absolute atomic E-state index is 2.71. The minimum atomic E-state index is 0.117. The van der Waals surface area contributed by atoms with Crippen molar-refractivity contribution >= 4 is 85.7 Å². The Hall–Kier alpha value is -3.28. The Bertz CT molecular complexity index is 3180. The molecule has 0 radical (unpaired) electrons. The monoisotopic (exact) mass is 1220 g/mol. The van der Waals surface area contributed by atoms with E-state index >= 15 is 0 Å². The van der Waals surface area contributed by atoms with Gasteiger partial charge in [-0.1, -0.05) is 257 Å². The van der Waals surface area contributed by atoms with Crippen LogP contribution in [0.4, 0.5) is 0 Å². The molecule has 1 aliphatic rings. The minimum Gasteiger partial charge on any atom is -0.139 e. The summed E-state index contributed by atoms with van der Waals surface area (Å²) in [5, 5.41) is 6.31. The molecule has 85 heavy (non-hydrogen) atoms. The van der Waals surface area contributed by atoms with Gasteiger partial charge in [-0.25, -0.2) is 0 Å². The van der Waals surface area contributed by atoms with Gasteiger partial charge in [-0.2, -0.15) is 0 Å². The Morgan fingerprint density at radius 1 is 0.294 bits per heavy atom. The number of hydrogen-bond acceptors (Lipinski definition) is 4. The lowest BCUT2D eigenvalue weighted by atomic mass is 9.70. The lowest BCUT2D eigenvalue weighted by Crippen LogP contribution is -2.25. The summed E-state index contributed by atoms with van der Waals surface area (Å²) in [5.41, 5.74) is 16.1. The molecule has 4 aromatic heterocycles. The summed E-state index contributed by atoms with van der Waals surface area (Å²) in [5.74, 6) is 0. The number of hydrogen-bond donors (Lipinski definition) is 0. The highest BCUT2D eigenvalue weighted by Crippen LogP contribution is 2.56. The molecule has 9 rings (SSSR count). The predicted molar refractivity (Wildman–Crippen MR) is 391 cm³/mol. The molecule has 0 bridgehead atoms. The lowest BCUT2D eigenvalue weighted by Gasteiger charge is -2.33. The molecule has 4 heterocycles. The molecular formula is C81H116S4. The van der Waals surface area contributed by atoms with Crippen LogP contribution in [0.25, 0.3) is 61.9 Å². The fraction of sp³-hybridized carbons (Fsp3) is 0.605. The summed E-state index contributed by atoms with van der Waals surface area (Å²) in [6, 6.07) is 25.3. The van der Waals surface area contributed by atoms with Crippen LogP contribution in [0.3, 0.4) is 0 Å².